The summed E-state index contributed by atoms with van der Waals surface area (Å²) in [4.78, 5) is 1.24. The third kappa shape index (κ3) is 4.22. The Hall–Kier alpha value is -0.560. The lowest BCUT2D eigenvalue weighted by molar-refractivity contribution is 0.641. The Morgan fingerprint density at radius 2 is 2.05 bits per heavy atom. The zero-order valence-corrected chi connectivity index (χ0v) is 14.4. The summed E-state index contributed by atoms with van der Waals surface area (Å²) in [6.45, 7) is 4.25. The third-order valence-corrected chi connectivity index (χ3v) is 6.05. The van der Waals surface area contributed by atoms with Gasteiger partial charge in [-0.25, -0.2) is 0 Å². The Balaban J connectivity index is 2.21. The number of nitrogens with zero attached hydrogens (tertiary/aromatic N) is 2. The second-order valence-corrected chi connectivity index (χ2v) is 7.94. The van der Waals surface area contributed by atoms with Gasteiger partial charge in [-0.15, -0.1) is 10.2 Å². The minimum atomic E-state index is 0.215. The van der Waals surface area contributed by atoms with Crippen LogP contribution >= 0.6 is 34.9 Å². The van der Waals surface area contributed by atoms with E-state index in [4.69, 9.17) is 5.73 Å². The van der Waals surface area contributed by atoms with Crippen LogP contribution in [0.25, 0.3) is 0 Å². The molecule has 108 valence electrons. The van der Waals surface area contributed by atoms with Crippen LogP contribution in [0.5, 0.6) is 0 Å². The Morgan fingerprint density at radius 3 is 2.70 bits per heavy atom. The zero-order valence-electron chi connectivity index (χ0n) is 11.9. The van der Waals surface area contributed by atoms with Gasteiger partial charge in [-0.05, 0) is 37.7 Å². The molecular formula is C14H19N3S3. The molecule has 1 aromatic carbocycles. The zero-order chi connectivity index (χ0) is 14.5. The van der Waals surface area contributed by atoms with E-state index >= 15 is 0 Å². The smallest absolute Gasteiger partial charge is 0.179 e. The molecule has 1 heterocycles. The van der Waals surface area contributed by atoms with Gasteiger partial charge in [-0.3, -0.25) is 0 Å². The van der Waals surface area contributed by atoms with Crippen molar-refractivity contribution >= 4 is 34.9 Å². The first-order valence-electron chi connectivity index (χ1n) is 6.52. The van der Waals surface area contributed by atoms with Crippen molar-refractivity contribution in [2.75, 3.05) is 6.26 Å². The van der Waals surface area contributed by atoms with E-state index in [1.165, 1.54) is 16.0 Å². The van der Waals surface area contributed by atoms with Crippen molar-refractivity contribution in [1.29, 1.82) is 0 Å². The summed E-state index contributed by atoms with van der Waals surface area (Å²) in [6, 6.07) is 6.75. The number of hydrogen-bond donors (Lipinski definition) is 1. The van der Waals surface area contributed by atoms with Crippen molar-refractivity contribution in [3.8, 4) is 0 Å². The molecule has 0 aliphatic carbocycles. The van der Waals surface area contributed by atoms with E-state index in [1.54, 1.807) is 34.9 Å². The predicted octanol–water partition coefficient (Wildman–Crippen LogP) is 4.00. The van der Waals surface area contributed by atoms with Crippen molar-refractivity contribution in [3.63, 3.8) is 0 Å². The molecule has 1 aromatic heterocycles. The molecule has 0 aliphatic rings. The van der Waals surface area contributed by atoms with Gasteiger partial charge in [-0.2, -0.15) is 0 Å². The Kier molecular flexibility index (Phi) is 5.89. The number of aromatic nitrogens is 2. The van der Waals surface area contributed by atoms with E-state index in [9.17, 15) is 0 Å². The number of thioether (sulfide) groups is 1. The van der Waals surface area contributed by atoms with Crippen molar-refractivity contribution < 1.29 is 0 Å². The van der Waals surface area contributed by atoms with Crippen LogP contribution < -0.4 is 5.73 Å². The lowest BCUT2D eigenvalue weighted by atomic mass is 10.0. The number of rotatable bonds is 6. The van der Waals surface area contributed by atoms with Crippen LogP contribution in [0.1, 0.15) is 24.5 Å². The molecule has 3 nitrogen and oxygen atoms in total. The maximum absolute atomic E-state index is 6.11. The molecule has 0 saturated heterocycles. The number of hydrogen-bond acceptors (Lipinski definition) is 6. The standard InChI is InChI=1S/C14H19N3S3/c1-4-11(15)8-10-7-9(2)5-6-12(10)19-14-17-16-13(18-3)20-14/h5-7,11H,4,8,15H2,1-3H3. The Morgan fingerprint density at radius 1 is 1.30 bits per heavy atom. The first-order valence-corrected chi connectivity index (χ1v) is 9.38. The quantitative estimate of drug-likeness (QED) is 0.814. The molecule has 1 unspecified atom stereocenters. The molecule has 0 amide bonds. The number of aryl methyl sites for hydroxylation is 1. The maximum atomic E-state index is 6.11. The Labute approximate surface area is 132 Å². The van der Waals surface area contributed by atoms with Gasteiger partial charge in [0.25, 0.3) is 0 Å². The summed E-state index contributed by atoms with van der Waals surface area (Å²) < 4.78 is 2.00. The first kappa shape index (κ1) is 15.8. The molecule has 6 heteroatoms. The van der Waals surface area contributed by atoms with E-state index in [2.05, 4.69) is 42.2 Å². The fraction of sp³-hybridized carbons (Fsp3) is 0.429. The molecule has 0 saturated carbocycles. The van der Waals surface area contributed by atoms with Gasteiger partial charge in [-0.1, -0.05) is 59.5 Å². The van der Waals surface area contributed by atoms with Crippen LogP contribution in [0.2, 0.25) is 0 Å². The summed E-state index contributed by atoms with van der Waals surface area (Å²) in [5.74, 6) is 0. The van der Waals surface area contributed by atoms with Gasteiger partial charge in [0.1, 0.15) is 0 Å². The van der Waals surface area contributed by atoms with Crippen molar-refractivity contribution in [1.82, 2.24) is 10.2 Å². The highest BCUT2D eigenvalue weighted by Gasteiger charge is 2.11. The minimum Gasteiger partial charge on any atom is -0.327 e. The summed E-state index contributed by atoms with van der Waals surface area (Å²) >= 11 is 4.96. The van der Waals surface area contributed by atoms with Crippen LogP contribution in [0.15, 0.2) is 31.8 Å². The lowest BCUT2D eigenvalue weighted by Crippen LogP contribution is -2.21. The van der Waals surface area contributed by atoms with Gasteiger partial charge in [0, 0.05) is 10.9 Å². The van der Waals surface area contributed by atoms with Crippen LogP contribution in [0.3, 0.4) is 0 Å². The highest BCUT2D eigenvalue weighted by atomic mass is 32.2. The summed E-state index contributed by atoms with van der Waals surface area (Å²) in [6.07, 6.45) is 3.93. The average Bonchev–Trinajstić information content (AvgIpc) is 2.89. The van der Waals surface area contributed by atoms with Crippen LogP contribution in [0, 0.1) is 6.92 Å². The summed E-state index contributed by atoms with van der Waals surface area (Å²) in [5, 5.41) is 8.37. The van der Waals surface area contributed by atoms with Gasteiger partial charge >= 0.3 is 0 Å². The molecule has 0 spiro atoms. The van der Waals surface area contributed by atoms with Gasteiger partial charge in [0.15, 0.2) is 8.68 Å². The van der Waals surface area contributed by atoms with E-state index in [0.29, 0.717) is 0 Å². The van der Waals surface area contributed by atoms with Gasteiger partial charge in [0.05, 0.1) is 0 Å². The fourth-order valence-electron chi connectivity index (χ4n) is 1.81. The third-order valence-electron chi connectivity index (χ3n) is 2.98. The van der Waals surface area contributed by atoms with Crippen LogP contribution in [-0.2, 0) is 6.42 Å². The van der Waals surface area contributed by atoms with Crippen molar-refractivity contribution in [3.05, 3.63) is 29.3 Å². The monoisotopic (exact) mass is 325 g/mol. The first-order chi connectivity index (χ1) is 9.62. The molecule has 0 radical (unpaired) electrons. The SMILES string of the molecule is CCC(N)Cc1cc(C)ccc1Sc1nnc(SC)s1. The minimum absolute atomic E-state index is 0.215. The summed E-state index contributed by atoms with van der Waals surface area (Å²) in [7, 11) is 0. The van der Waals surface area contributed by atoms with Gasteiger partial charge in [0.2, 0.25) is 0 Å². The van der Waals surface area contributed by atoms with E-state index < -0.39 is 0 Å². The number of benzene rings is 1. The van der Waals surface area contributed by atoms with E-state index in [0.717, 1.165) is 21.5 Å². The predicted molar refractivity (Wildman–Crippen MR) is 89.0 cm³/mol. The topological polar surface area (TPSA) is 51.8 Å². The second kappa shape index (κ2) is 7.45. The maximum Gasteiger partial charge on any atom is 0.179 e. The highest BCUT2D eigenvalue weighted by Crippen LogP contribution is 2.35. The average molecular weight is 326 g/mol. The molecular weight excluding hydrogens is 306 g/mol. The lowest BCUT2D eigenvalue weighted by Gasteiger charge is -2.13. The Bertz CT molecular complexity index is 569. The number of nitrogens with two attached hydrogens (primary N) is 1. The molecule has 0 bridgehead atoms. The van der Waals surface area contributed by atoms with Crippen LogP contribution in [-0.4, -0.2) is 22.5 Å². The summed E-state index contributed by atoms with van der Waals surface area (Å²) in [5.41, 5.74) is 8.69. The fourth-order valence-corrected chi connectivity index (χ4v) is 4.32. The normalized spacial score (nSPS) is 12.6. The van der Waals surface area contributed by atoms with Crippen LogP contribution in [0.4, 0.5) is 0 Å². The highest BCUT2D eigenvalue weighted by molar-refractivity contribution is 8.03. The largest absolute Gasteiger partial charge is 0.327 e. The molecule has 20 heavy (non-hydrogen) atoms. The van der Waals surface area contributed by atoms with Gasteiger partial charge < -0.3 is 5.73 Å². The molecule has 0 fully saturated rings. The molecule has 2 rings (SSSR count). The second-order valence-electron chi connectivity index (χ2n) is 4.62. The molecule has 1 atom stereocenters. The van der Waals surface area contributed by atoms with Crippen molar-refractivity contribution in [2.45, 2.75) is 46.3 Å². The molecule has 0 aliphatic heterocycles. The van der Waals surface area contributed by atoms with E-state index in [1.807, 2.05) is 6.26 Å². The van der Waals surface area contributed by atoms with E-state index in [-0.39, 0.29) is 6.04 Å². The molecule has 2 aromatic rings. The molecule has 2 N–H and O–H groups in total. The van der Waals surface area contributed by atoms with Crippen molar-refractivity contribution in [2.24, 2.45) is 5.73 Å².